The molecule has 0 amide bonds. The number of aromatic nitrogens is 1. The fourth-order valence-electron chi connectivity index (χ4n) is 1.36. The molecule has 0 bridgehead atoms. The summed E-state index contributed by atoms with van der Waals surface area (Å²) in [6, 6.07) is 4.06. The van der Waals surface area contributed by atoms with Crippen molar-refractivity contribution in [3.05, 3.63) is 48.3 Å². The second-order valence-electron chi connectivity index (χ2n) is 2.88. The molecule has 1 heterocycles. The van der Waals surface area contributed by atoms with E-state index in [1.54, 1.807) is 6.20 Å². The lowest BCUT2D eigenvalue weighted by molar-refractivity contribution is 1.04. The molecule has 0 aliphatic heterocycles. The van der Waals surface area contributed by atoms with E-state index in [0.29, 0.717) is 0 Å². The Balaban J connectivity index is 2.31. The molecule has 0 radical (unpaired) electrons. The third kappa shape index (κ3) is 1.45. The fraction of sp³-hybridized carbons (Fsp3) is 0.182. The molecular formula is C11H11N. The van der Waals surface area contributed by atoms with Crippen molar-refractivity contribution in [2.45, 2.75) is 12.8 Å². The smallest absolute Gasteiger partial charge is 0.0346 e. The normalized spacial score (nSPS) is 15.8. The highest BCUT2D eigenvalue weighted by atomic mass is 14.6. The molecule has 0 aromatic carbocycles. The largest absolute Gasteiger partial charge is 0.264 e. The molecule has 1 heteroatoms. The Morgan fingerprint density at radius 1 is 1.25 bits per heavy atom. The Morgan fingerprint density at radius 3 is 2.92 bits per heavy atom. The van der Waals surface area contributed by atoms with Crippen molar-refractivity contribution in [2.24, 2.45) is 0 Å². The zero-order valence-corrected chi connectivity index (χ0v) is 6.90. The molecule has 1 aliphatic carbocycles. The highest BCUT2D eigenvalue weighted by Crippen LogP contribution is 2.19. The Hall–Kier alpha value is -1.37. The van der Waals surface area contributed by atoms with Crippen LogP contribution in [0.3, 0.4) is 0 Å². The van der Waals surface area contributed by atoms with E-state index in [-0.39, 0.29) is 0 Å². The molecular weight excluding hydrogens is 146 g/mol. The van der Waals surface area contributed by atoms with E-state index < -0.39 is 0 Å². The van der Waals surface area contributed by atoms with Gasteiger partial charge in [0.2, 0.25) is 0 Å². The number of pyridine rings is 1. The van der Waals surface area contributed by atoms with E-state index >= 15 is 0 Å². The SMILES string of the molecule is C1=CC(c2cccnc2)=CCC1. The van der Waals surface area contributed by atoms with Crippen LogP contribution >= 0.6 is 0 Å². The van der Waals surface area contributed by atoms with Gasteiger partial charge in [0.25, 0.3) is 0 Å². The molecule has 0 atom stereocenters. The lowest BCUT2D eigenvalue weighted by Crippen LogP contribution is -1.85. The highest BCUT2D eigenvalue weighted by molar-refractivity contribution is 5.74. The van der Waals surface area contributed by atoms with Crippen molar-refractivity contribution >= 4 is 5.57 Å². The van der Waals surface area contributed by atoms with Crippen LogP contribution in [0.4, 0.5) is 0 Å². The minimum atomic E-state index is 1.15. The Labute approximate surface area is 72.5 Å². The zero-order valence-electron chi connectivity index (χ0n) is 6.90. The summed E-state index contributed by atoms with van der Waals surface area (Å²) in [5.41, 5.74) is 2.52. The van der Waals surface area contributed by atoms with Gasteiger partial charge in [-0.3, -0.25) is 4.98 Å². The van der Waals surface area contributed by atoms with Gasteiger partial charge in [-0.25, -0.2) is 0 Å². The molecule has 0 saturated carbocycles. The van der Waals surface area contributed by atoms with Crippen LogP contribution in [0, 0.1) is 0 Å². The van der Waals surface area contributed by atoms with Crippen molar-refractivity contribution in [1.82, 2.24) is 4.98 Å². The topological polar surface area (TPSA) is 12.9 Å². The van der Waals surface area contributed by atoms with Crippen LogP contribution in [0.1, 0.15) is 18.4 Å². The molecule has 0 N–H and O–H groups in total. The molecule has 12 heavy (non-hydrogen) atoms. The maximum absolute atomic E-state index is 4.09. The highest BCUT2D eigenvalue weighted by Gasteiger charge is 1.99. The molecule has 0 fully saturated rings. The van der Waals surface area contributed by atoms with Gasteiger partial charge in [-0.05, 0) is 30.0 Å². The molecule has 1 aromatic heterocycles. The Kier molecular flexibility index (Phi) is 2.04. The molecule has 0 saturated heterocycles. The first-order valence-electron chi connectivity index (χ1n) is 4.24. The van der Waals surface area contributed by atoms with E-state index in [0.717, 1.165) is 6.42 Å². The summed E-state index contributed by atoms with van der Waals surface area (Å²) >= 11 is 0. The molecule has 0 spiro atoms. The van der Waals surface area contributed by atoms with Gasteiger partial charge in [-0.1, -0.05) is 24.3 Å². The maximum Gasteiger partial charge on any atom is 0.0346 e. The number of nitrogens with zero attached hydrogens (tertiary/aromatic N) is 1. The molecule has 2 rings (SSSR count). The van der Waals surface area contributed by atoms with Gasteiger partial charge in [0.1, 0.15) is 0 Å². The minimum absolute atomic E-state index is 1.15. The van der Waals surface area contributed by atoms with Gasteiger partial charge in [0.15, 0.2) is 0 Å². The van der Waals surface area contributed by atoms with Gasteiger partial charge in [0.05, 0.1) is 0 Å². The second-order valence-corrected chi connectivity index (χ2v) is 2.88. The maximum atomic E-state index is 4.09. The van der Waals surface area contributed by atoms with Gasteiger partial charge in [-0.15, -0.1) is 0 Å². The number of hydrogen-bond donors (Lipinski definition) is 0. The van der Waals surface area contributed by atoms with Crippen molar-refractivity contribution in [3.8, 4) is 0 Å². The van der Waals surface area contributed by atoms with E-state index in [1.165, 1.54) is 17.6 Å². The summed E-state index contributed by atoms with van der Waals surface area (Å²) in [7, 11) is 0. The van der Waals surface area contributed by atoms with E-state index in [1.807, 2.05) is 12.3 Å². The number of hydrogen-bond acceptors (Lipinski definition) is 1. The molecule has 1 aliphatic rings. The average Bonchev–Trinajstić information content (AvgIpc) is 2.21. The average molecular weight is 157 g/mol. The van der Waals surface area contributed by atoms with Crippen LogP contribution in [0.2, 0.25) is 0 Å². The van der Waals surface area contributed by atoms with Crippen LogP contribution in [0.15, 0.2) is 42.8 Å². The van der Waals surface area contributed by atoms with Gasteiger partial charge in [-0.2, -0.15) is 0 Å². The lowest BCUT2D eigenvalue weighted by atomic mass is 10.0. The molecule has 60 valence electrons. The van der Waals surface area contributed by atoms with Crippen LogP contribution in [-0.2, 0) is 0 Å². The fourth-order valence-corrected chi connectivity index (χ4v) is 1.36. The summed E-state index contributed by atoms with van der Waals surface area (Å²) in [6.07, 6.45) is 12.7. The Bertz CT molecular complexity index is 309. The third-order valence-electron chi connectivity index (χ3n) is 1.99. The first-order valence-corrected chi connectivity index (χ1v) is 4.24. The first kappa shape index (κ1) is 7.29. The quantitative estimate of drug-likeness (QED) is 0.610. The van der Waals surface area contributed by atoms with Crippen molar-refractivity contribution < 1.29 is 0 Å². The monoisotopic (exact) mass is 157 g/mol. The van der Waals surface area contributed by atoms with Crippen LogP contribution in [0.25, 0.3) is 5.57 Å². The van der Waals surface area contributed by atoms with E-state index in [2.05, 4.69) is 29.3 Å². The van der Waals surface area contributed by atoms with Crippen LogP contribution in [0.5, 0.6) is 0 Å². The van der Waals surface area contributed by atoms with Crippen LogP contribution in [-0.4, -0.2) is 4.98 Å². The first-order chi connectivity index (χ1) is 5.97. The van der Waals surface area contributed by atoms with Gasteiger partial charge >= 0.3 is 0 Å². The van der Waals surface area contributed by atoms with Crippen LogP contribution < -0.4 is 0 Å². The number of allylic oxidation sites excluding steroid dienone is 4. The predicted octanol–water partition coefficient (Wildman–Crippen LogP) is 2.82. The van der Waals surface area contributed by atoms with Crippen molar-refractivity contribution in [3.63, 3.8) is 0 Å². The summed E-state index contributed by atoms with van der Waals surface area (Å²) in [5, 5.41) is 0. The van der Waals surface area contributed by atoms with Gasteiger partial charge in [0, 0.05) is 12.4 Å². The summed E-state index contributed by atoms with van der Waals surface area (Å²) in [6.45, 7) is 0. The molecule has 0 unspecified atom stereocenters. The Morgan fingerprint density at radius 2 is 2.25 bits per heavy atom. The minimum Gasteiger partial charge on any atom is -0.264 e. The third-order valence-corrected chi connectivity index (χ3v) is 1.99. The van der Waals surface area contributed by atoms with Crippen molar-refractivity contribution in [2.75, 3.05) is 0 Å². The molecule has 1 nitrogen and oxygen atoms in total. The molecule has 1 aromatic rings. The summed E-state index contributed by atoms with van der Waals surface area (Å²) in [4.78, 5) is 4.09. The van der Waals surface area contributed by atoms with Gasteiger partial charge < -0.3 is 0 Å². The van der Waals surface area contributed by atoms with E-state index in [4.69, 9.17) is 0 Å². The van der Waals surface area contributed by atoms with E-state index in [9.17, 15) is 0 Å². The predicted molar refractivity (Wildman–Crippen MR) is 50.6 cm³/mol. The standard InChI is InChI=1S/C11H11N/c1-2-5-10(6-3-1)11-7-4-8-12-9-11/h2,4-9H,1,3H2. The summed E-state index contributed by atoms with van der Waals surface area (Å²) in [5.74, 6) is 0. The lowest BCUT2D eigenvalue weighted by Gasteiger charge is -2.05. The number of rotatable bonds is 1. The van der Waals surface area contributed by atoms with Crippen molar-refractivity contribution in [1.29, 1.82) is 0 Å². The summed E-state index contributed by atoms with van der Waals surface area (Å²) < 4.78 is 0. The zero-order chi connectivity index (χ0) is 8.23. The second kappa shape index (κ2) is 3.35.